The maximum Gasteiger partial charge on any atom is 0.407 e. The van der Waals surface area contributed by atoms with Crippen LogP contribution in [0.1, 0.15) is 33.6 Å². The van der Waals surface area contributed by atoms with Crippen LogP contribution >= 0.6 is 0 Å². The predicted molar refractivity (Wildman–Crippen MR) is 129 cm³/mol. The minimum absolute atomic E-state index is 0.0579. The summed E-state index contributed by atoms with van der Waals surface area (Å²) in [6, 6.07) is 13.0. The Labute approximate surface area is 198 Å². The van der Waals surface area contributed by atoms with Crippen LogP contribution in [-0.4, -0.2) is 59.8 Å². The van der Waals surface area contributed by atoms with Crippen LogP contribution in [0, 0.1) is 5.41 Å². The fourth-order valence-electron chi connectivity index (χ4n) is 4.88. The molecule has 2 unspecified atom stereocenters. The Bertz CT molecular complexity index is 1260. The molecule has 0 radical (unpaired) electrons. The normalized spacial score (nSPS) is 23.0. The molecule has 180 valence electrons. The molecule has 2 aliphatic rings. The third-order valence-corrected chi connectivity index (χ3v) is 8.94. The van der Waals surface area contributed by atoms with E-state index in [1.807, 2.05) is 12.1 Å². The van der Waals surface area contributed by atoms with Gasteiger partial charge in [0.1, 0.15) is 11.4 Å². The van der Waals surface area contributed by atoms with Crippen molar-refractivity contribution >= 4 is 33.5 Å². The lowest BCUT2D eigenvalue weighted by Crippen LogP contribution is -2.60. The van der Waals surface area contributed by atoms with Crippen molar-refractivity contribution in [3.8, 4) is 11.1 Å². The largest absolute Gasteiger partial charge is 0.465 e. The number of urea groups is 1. The number of nitrogens with zero attached hydrogens (tertiary/aromatic N) is 2. The molecule has 2 heterocycles. The van der Waals surface area contributed by atoms with Crippen molar-refractivity contribution in [3.05, 3.63) is 48.5 Å². The van der Waals surface area contributed by atoms with Gasteiger partial charge < -0.3 is 10.0 Å². The van der Waals surface area contributed by atoms with Gasteiger partial charge in [-0.15, -0.1) is 0 Å². The minimum atomic E-state index is -3.41. The van der Waals surface area contributed by atoms with Crippen LogP contribution in [0.5, 0.6) is 0 Å². The van der Waals surface area contributed by atoms with E-state index < -0.39 is 32.8 Å². The maximum absolute atomic E-state index is 13.1. The Morgan fingerprint density at radius 1 is 1.18 bits per heavy atom. The smallest absolute Gasteiger partial charge is 0.407 e. The molecule has 0 aliphatic carbocycles. The fourth-order valence-corrected chi connectivity index (χ4v) is 5.94. The first kappa shape index (κ1) is 23.7. The fraction of sp³-hybridized carbons (Fsp3) is 0.375. The van der Waals surface area contributed by atoms with E-state index in [1.165, 1.54) is 4.90 Å². The quantitative estimate of drug-likeness (QED) is 0.605. The Balaban J connectivity index is 1.77. The molecule has 10 heteroatoms. The lowest BCUT2D eigenvalue weighted by atomic mass is 9.81. The van der Waals surface area contributed by atoms with Crippen molar-refractivity contribution in [1.29, 1.82) is 5.41 Å². The van der Waals surface area contributed by atoms with Gasteiger partial charge in [0.25, 0.3) is 0 Å². The highest BCUT2D eigenvalue weighted by atomic mass is 32.2. The van der Waals surface area contributed by atoms with Crippen LogP contribution in [-0.2, 0) is 9.84 Å². The number of piperidine rings is 1. The molecule has 3 N–H and O–H groups in total. The van der Waals surface area contributed by atoms with Crippen LogP contribution in [0.3, 0.4) is 0 Å². The molecule has 2 aliphatic heterocycles. The molecule has 2 saturated heterocycles. The average molecular weight is 485 g/mol. The topological polar surface area (TPSA) is 131 Å². The summed E-state index contributed by atoms with van der Waals surface area (Å²) >= 11 is 0. The van der Waals surface area contributed by atoms with E-state index in [2.05, 4.69) is 5.32 Å². The summed E-state index contributed by atoms with van der Waals surface area (Å²) in [4.78, 5) is 27.8. The molecule has 2 atom stereocenters. The number of carbonyl (C=O) groups is 2. The van der Waals surface area contributed by atoms with Crippen LogP contribution < -0.4 is 10.2 Å². The molecule has 3 amide bonds. The van der Waals surface area contributed by atoms with Gasteiger partial charge >= 0.3 is 12.1 Å². The highest BCUT2D eigenvalue weighted by Crippen LogP contribution is 2.43. The van der Waals surface area contributed by atoms with Crippen LogP contribution in [0.25, 0.3) is 11.1 Å². The first-order valence-electron chi connectivity index (χ1n) is 11.1. The van der Waals surface area contributed by atoms with Crippen LogP contribution in [0.15, 0.2) is 53.4 Å². The molecule has 2 aromatic rings. The molecule has 2 aromatic carbocycles. The van der Waals surface area contributed by atoms with E-state index in [-0.39, 0.29) is 29.7 Å². The van der Waals surface area contributed by atoms with Gasteiger partial charge in [0.2, 0.25) is 0 Å². The number of hydrogen-bond donors (Lipinski definition) is 3. The lowest BCUT2D eigenvalue weighted by molar-refractivity contribution is 0.100. The molecule has 4 rings (SSSR count). The number of carboxylic acid groups (broad SMARTS) is 1. The van der Waals surface area contributed by atoms with Crippen molar-refractivity contribution < 1.29 is 23.1 Å². The number of nitrogens with one attached hydrogen (secondary N) is 2. The molecular formula is C24H28N4O5S. The summed E-state index contributed by atoms with van der Waals surface area (Å²) in [5.41, 5.74) is 1.04. The van der Waals surface area contributed by atoms with E-state index in [0.29, 0.717) is 17.7 Å². The van der Waals surface area contributed by atoms with E-state index in [4.69, 9.17) is 5.41 Å². The van der Waals surface area contributed by atoms with Gasteiger partial charge in [0.05, 0.1) is 15.8 Å². The third kappa shape index (κ3) is 3.71. The molecule has 1 spiro atoms. The molecule has 2 fully saturated rings. The summed E-state index contributed by atoms with van der Waals surface area (Å²) in [5, 5.41) is 20.1. The highest BCUT2D eigenvalue weighted by molar-refractivity contribution is 7.92. The Kier molecular flexibility index (Phi) is 5.89. The Morgan fingerprint density at radius 2 is 1.82 bits per heavy atom. The molecule has 9 nitrogen and oxygen atoms in total. The number of likely N-dealkylation sites (tertiary alicyclic amines) is 1. The predicted octanol–water partition coefficient (Wildman–Crippen LogP) is 3.94. The minimum Gasteiger partial charge on any atom is -0.465 e. The van der Waals surface area contributed by atoms with E-state index in [1.54, 1.807) is 62.1 Å². The second-order valence-corrected chi connectivity index (χ2v) is 11.6. The average Bonchev–Trinajstić information content (AvgIpc) is 3.02. The van der Waals surface area contributed by atoms with Gasteiger partial charge in [-0.1, -0.05) is 30.3 Å². The van der Waals surface area contributed by atoms with Gasteiger partial charge in [-0.2, -0.15) is 0 Å². The monoisotopic (exact) mass is 484 g/mol. The number of benzene rings is 2. The number of sulfone groups is 1. The van der Waals surface area contributed by atoms with Gasteiger partial charge in [-0.3, -0.25) is 15.6 Å². The summed E-state index contributed by atoms with van der Waals surface area (Å²) < 4.78 is 25.0. The second kappa shape index (κ2) is 8.43. The number of para-hydroxylation sites is 1. The number of anilines is 1. The maximum atomic E-state index is 13.1. The Hall–Kier alpha value is -3.40. The number of carbonyl (C=O) groups excluding carboxylic acids is 1. The Morgan fingerprint density at radius 3 is 2.41 bits per heavy atom. The van der Waals surface area contributed by atoms with Gasteiger partial charge in [0.15, 0.2) is 9.84 Å². The van der Waals surface area contributed by atoms with Gasteiger partial charge in [-0.25, -0.2) is 18.0 Å². The molecule has 0 aromatic heterocycles. The molecule has 0 bridgehead atoms. The van der Waals surface area contributed by atoms with Crippen molar-refractivity contribution in [2.24, 2.45) is 0 Å². The zero-order chi connectivity index (χ0) is 24.8. The zero-order valence-corrected chi connectivity index (χ0v) is 20.1. The van der Waals surface area contributed by atoms with Crippen molar-refractivity contribution in [2.45, 2.75) is 55.3 Å². The SMILES string of the molecule is CC1CC2(CCN1C(=O)O)C(=N)NC(=O)N2c1ccccc1-c1ccc(S(=O)(=O)C(C)C)cc1. The number of rotatable bonds is 4. The number of hydrogen-bond acceptors (Lipinski definition) is 5. The van der Waals surface area contributed by atoms with Crippen molar-refractivity contribution in [2.75, 3.05) is 11.4 Å². The molecule has 34 heavy (non-hydrogen) atoms. The summed E-state index contributed by atoms with van der Waals surface area (Å²) in [7, 11) is -3.41. The summed E-state index contributed by atoms with van der Waals surface area (Å²) in [5.74, 6) is 0.0579. The van der Waals surface area contributed by atoms with Crippen LogP contribution in [0.2, 0.25) is 0 Å². The molecule has 0 saturated carbocycles. The number of amidine groups is 1. The van der Waals surface area contributed by atoms with Gasteiger partial charge in [-0.05, 0) is 57.4 Å². The van der Waals surface area contributed by atoms with Crippen LogP contribution in [0.4, 0.5) is 15.3 Å². The number of amides is 3. The van der Waals surface area contributed by atoms with Crippen molar-refractivity contribution in [3.63, 3.8) is 0 Å². The van der Waals surface area contributed by atoms with E-state index in [0.717, 1.165) is 5.56 Å². The summed E-state index contributed by atoms with van der Waals surface area (Å²) in [6.45, 7) is 5.25. The standard InChI is InChI=1S/C24H28N4O5S/c1-15(2)34(32,33)18-10-8-17(9-11-18)19-6-4-5-7-20(19)28-22(29)26-21(25)24(28)12-13-27(23(30)31)16(3)14-24/h4-11,15-16H,12-14H2,1-3H3,(H,30,31)(H2,25,26,29). The second-order valence-electron chi connectivity index (χ2n) is 9.09. The lowest BCUT2D eigenvalue weighted by Gasteiger charge is -2.46. The highest BCUT2D eigenvalue weighted by Gasteiger charge is 2.55. The van der Waals surface area contributed by atoms with E-state index >= 15 is 0 Å². The first-order valence-corrected chi connectivity index (χ1v) is 12.7. The third-order valence-electron chi connectivity index (χ3n) is 6.76. The van der Waals surface area contributed by atoms with Gasteiger partial charge in [0, 0.05) is 18.2 Å². The summed E-state index contributed by atoms with van der Waals surface area (Å²) in [6.07, 6.45) is -0.438. The van der Waals surface area contributed by atoms with Crippen molar-refractivity contribution in [1.82, 2.24) is 10.2 Å². The molecular weight excluding hydrogens is 456 g/mol. The first-order chi connectivity index (χ1) is 16.0. The van der Waals surface area contributed by atoms with E-state index in [9.17, 15) is 23.1 Å². The zero-order valence-electron chi connectivity index (χ0n) is 19.3.